The predicted molar refractivity (Wildman–Crippen MR) is 136 cm³/mol. The maximum atomic E-state index is 15.2. The van der Waals surface area contributed by atoms with Gasteiger partial charge in [-0.1, -0.05) is 36.4 Å². The molecule has 0 fully saturated rings. The summed E-state index contributed by atoms with van der Waals surface area (Å²) in [5.74, 6) is -2.55. The molecule has 3 N–H and O–H groups in total. The summed E-state index contributed by atoms with van der Waals surface area (Å²) in [4.78, 5) is 12.8. The van der Waals surface area contributed by atoms with Crippen molar-refractivity contribution >= 4 is 16.8 Å². The number of rotatable bonds is 11. The Morgan fingerprint density at radius 2 is 1.73 bits per heavy atom. The second-order valence-electron chi connectivity index (χ2n) is 7.76. The fourth-order valence-corrected chi connectivity index (χ4v) is 4.09. The van der Waals surface area contributed by atoms with Gasteiger partial charge in [0.25, 0.3) is 0 Å². The van der Waals surface area contributed by atoms with Crippen LogP contribution in [0.5, 0.6) is 11.6 Å². The molecule has 0 aliphatic heterocycles. The van der Waals surface area contributed by atoms with E-state index in [1.165, 1.54) is 18.3 Å². The Balaban J connectivity index is 1.65. The number of hydrogen-bond acceptors (Lipinski definition) is 8. The summed E-state index contributed by atoms with van der Waals surface area (Å²) in [5.41, 5.74) is 1.17. The van der Waals surface area contributed by atoms with Crippen LogP contribution in [0.15, 0.2) is 73.1 Å². The fraction of sp³-hybridized carbons (Fsp3) is 0.160. The summed E-state index contributed by atoms with van der Waals surface area (Å²) in [6.07, 6.45) is 3.02. The molecule has 0 aliphatic carbocycles. The van der Waals surface area contributed by atoms with Crippen LogP contribution < -0.4 is 20.1 Å². The molecule has 192 valence electrons. The van der Waals surface area contributed by atoms with E-state index in [2.05, 4.69) is 30.3 Å². The van der Waals surface area contributed by atoms with Gasteiger partial charge in [-0.25, -0.2) is 32.5 Å². The normalized spacial score (nSPS) is 11.9. The van der Waals surface area contributed by atoms with Crippen LogP contribution in [0.4, 0.5) is 14.7 Å². The number of hydrogen-bond donors (Lipinski definition) is 4. The number of likely N-dealkylation sites (N-methyl/N-ethyl adjacent to an activating group) is 1. The second kappa shape index (κ2) is 12.3. The van der Waals surface area contributed by atoms with E-state index in [9.17, 15) is 8.42 Å². The minimum absolute atomic E-state index is 0.00814. The van der Waals surface area contributed by atoms with Gasteiger partial charge in [0.2, 0.25) is 28.5 Å². The summed E-state index contributed by atoms with van der Waals surface area (Å²) in [7, 11) is -1.27. The molecule has 0 bridgehead atoms. The highest BCUT2D eigenvalue weighted by molar-refractivity contribution is 7.70. The molecule has 1 unspecified atom stereocenters. The summed E-state index contributed by atoms with van der Waals surface area (Å²) in [6, 6.07) is 14.7. The quantitative estimate of drug-likeness (QED) is 0.173. The van der Waals surface area contributed by atoms with Gasteiger partial charge in [-0.05, 0) is 36.9 Å². The van der Waals surface area contributed by atoms with Crippen molar-refractivity contribution in [3.63, 3.8) is 0 Å². The first-order chi connectivity index (χ1) is 18.0. The molecule has 2 aromatic heterocycles. The van der Waals surface area contributed by atoms with Crippen LogP contribution in [0.25, 0.3) is 11.3 Å². The molecule has 0 spiro atoms. The molecule has 4 aromatic rings. The minimum atomic E-state index is -3.10. The van der Waals surface area contributed by atoms with Crippen molar-refractivity contribution in [3.8, 4) is 22.9 Å². The number of nitrogens with zero attached hydrogens (tertiary/aromatic N) is 3. The number of aromatic nitrogens is 3. The average Bonchev–Trinajstić information content (AvgIpc) is 2.91. The van der Waals surface area contributed by atoms with E-state index in [-0.39, 0.29) is 11.4 Å². The average molecular weight is 527 g/mol. The van der Waals surface area contributed by atoms with Crippen LogP contribution in [-0.4, -0.2) is 43.5 Å². The third-order valence-corrected chi connectivity index (χ3v) is 5.79. The third-order valence-electron chi connectivity index (χ3n) is 5.32. The number of nitrogens with one attached hydrogen (secondary N) is 3. The van der Waals surface area contributed by atoms with Gasteiger partial charge in [0.15, 0.2) is 11.6 Å². The zero-order valence-corrected chi connectivity index (χ0v) is 20.6. The summed E-state index contributed by atoms with van der Waals surface area (Å²) >= 11 is 0. The Hall–Kier alpha value is -4.00. The van der Waals surface area contributed by atoms with Gasteiger partial charge < -0.3 is 15.4 Å². The lowest BCUT2D eigenvalue weighted by Gasteiger charge is -2.18. The summed E-state index contributed by atoms with van der Waals surface area (Å²) in [5, 5.41) is 6.09. The van der Waals surface area contributed by atoms with Gasteiger partial charge in [-0.3, -0.25) is 0 Å². The molecule has 0 aliphatic rings. The van der Waals surface area contributed by atoms with E-state index in [4.69, 9.17) is 4.74 Å². The van der Waals surface area contributed by atoms with Crippen molar-refractivity contribution < 1.29 is 21.9 Å². The van der Waals surface area contributed by atoms with Crippen molar-refractivity contribution in [1.82, 2.24) is 25.0 Å². The number of anilines is 1. The molecule has 37 heavy (non-hydrogen) atoms. The zero-order valence-electron chi connectivity index (χ0n) is 19.7. The van der Waals surface area contributed by atoms with E-state index in [1.54, 1.807) is 54.7 Å². The highest BCUT2D eigenvalue weighted by Gasteiger charge is 2.24. The number of benzene rings is 2. The molecular weight excluding hydrogens is 502 g/mol. The highest BCUT2D eigenvalue weighted by Crippen LogP contribution is 2.35. The van der Waals surface area contributed by atoms with Crippen LogP contribution in [0.1, 0.15) is 17.2 Å². The standard InChI is InChI=1S/C25H24F2N6O3S/c1-28-14-15-31-25-30-13-11-19(32-25)17-8-5-12-29-24(17)36-20-10-9-18(21(26)22(20)27)23(33-37(34)35)16-6-3-2-4-7-16/h2-13,23,28,37H,14-15H2,1H3,(H,30,31,32)(H,33,34,35). The number of thiol groups is 1. The van der Waals surface area contributed by atoms with E-state index in [0.29, 0.717) is 35.9 Å². The van der Waals surface area contributed by atoms with Gasteiger partial charge in [0.05, 0.1) is 17.3 Å². The molecule has 1 atom stereocenters. The van der Waals surface area contributed by atoms with E-state index < -0.39 is 34.3 Å². The van der Waals surface area contributed by atoms with Crippen LogP contribution >= 0.6 is 0 Å². The molecule has 4 rings (SSSR count). The van der Waals surface area contributed by atoms with E-state index in [0.717, 1.165) is 0 Å². The predicted octanol–water partition coefficient (Wildman–Crippen LogP) is 3.45. The number of ether oxygens (including phenoxy) is 1. The van der Waals surface area contributed by atoms with E-state index >= 15 is 8.78 Å². The van der Waals surface area contributed by atoms with Gasteiger partial charge in [0.1, 0.15) is 0 Å². The first-order valence-corrected chi connectivity index (χ1v) is 12.4. The monoisotopic (exact) mass is 526 g/mol. The molecular formula is C25H24F2N6O3S. The van der Waals surface area contributed by atoms with Gasteiger partial charge >= 0.3 is 0 Å². The Labute approximate surface area is 214 Å². The van der Waals surface area contributed by atoms with Gasteiger partial charge in [-0.2, -0.15) is 4.39 Å². The van der Waals surface area contributed by atoms with Crippen molar-refractivity contribution in [3.05, 3.63) is 95.8 Å². The van der Waals surface area contributed by atoms with Crippen molar-refractivity contribution in [2.45, 2.75) is 6.04 Å². The van der Waals surface area contributed by atoms with Crippen molar-refractivity contribution in [2.75, 3.05) is 25.5 Å². The van der Waals surface area contributed by atoms with Gasteiger partial charge in [0, 0.05) is 31.0 Å². The first-order valence-electron chi connectivity index (χ1n) is 11.3. The molecule has 12 heteroatoms. The molecule has 0 radical (unpaired) electrons. The number of halogens is 2. The Bertz CT molecular complexity index is 1430. The van der Waals surface area contributed by atoms with Crippen LogP contribution in [0.3, 0.4) is 0 Å². The smallest absolute Gasteiger partial charge is 0.228 e. The lowest BCUT2D eigenvalue weighted by Crippen LogP contribution is -2.22. The van der Waals surface area contributed by atoms with Crippen LogP contribution in [0, 0.1) is 11.6 Å². The lowest BCUT2D eigenvalue weighted by atomic mass is 9.99. The lowest BCUT2D eigenvalue weighted by molar-refractivity contribution is 0.402. The zero-order chi connectivity index (χ0) is 26.2. The second-order valence-corrected chi connectivity index (χ2v) is 8.54. The Morgan fingerprint density at radius 1 is 0.919 bits per heavy atom. The SMILES string of the molecule is CNCCNc1nccc(-c2cccnc2Oc2ccc(C(N[SH](=O)=O)c3ccccc3)c(F)c2F)n1. The third kappa shape index (κ3) is 6.42. The maximum Gasteiger partial charge on any atom is 0.228 e. The summed E-state index contributed by atoms with van der Waals surface area (Å²) in [6.45, 7) is 1.31. The first kappa shape index (κ1) is 26.1. The summed E-state index contributed by atoms with van der Waals surface area (Å²) < 4.78 is 61.1. The van der Waals surface area contributed by atoms with Crippen molar-refractivity contribution in [2.24, 2.45) is 0 Å². The minimum Gasteiger partial charge on any atom is -0.435 e. The Morgan fingerprint density at radius 3 is 2.49 bits per heavy atom. The van der Waals surface area contributed by atoms with Crippen LogP contribution in [-0.2, 0) is 10.9 Å². The molecule has 9 nitrogen and oxygen atoms in total. The fourth-order valence-electron chi connectivity index (χ4n) is 3.59. The number of pyridine rings is 1. The molecule has 0 amide bonds. The molecule has 0 saturated carbocycles. The van der Waals surface area contributed by atoms with E-state index in [1.807, 2.05) is 7.05 Å². The maximum absolute atomic E-state index is 15.2. The topological polar surface area (TPSA) is 118 Å². The molecule has 0 saturated heterocycles. The van der Waals surface area contributed by atoms with Gasteiger partial charge in [-0.15, -0.1) is 0 Å². The Kier molecular flexibility index (Phi) is 8.67. The largest absolute Gasteiger partial charge is 0.435 e. The van der Waals surface area contributed by atoms with Crippen LogP contribution in [0.2, 0.25) is 0 Å². The van der Waals surface area contributed by atoms with Crippen molar-refractivity contribution in [1.29, 1.82) is 0 Å². The molecule has 2 aromatic carbocycles. The molecule has 2 heterocycles. The highest BCUT2D eigenvalue weighted by atomic mass is 32.2.